The van der Waals surface area contributed by atoms with Gasteiger partial charge < -0.3 is 10.6 Å². The third kappa shape index (κ3) is 5.23. The molecular weight excluding hydrogens is 392 g/mol. The molecule has 2 nitrogen and oxygen atoms in total. The molecular formula is C18H20BrClN2S. The molecule has 1 saturated heterocycles. The molecule has 0 amide bonds. The normalized spacial score (nSPS) is 14.7. The van der Waals surface area contributed by atoms with Crippen LogP contribution in [0.5, 0.6) is 0 Å². The summed E-state index contributed by atoms with van der Waals surface area (Å²) in [6, 6.07) is 14.8. The molecule has 0 aliphatic carbocycles. The summed E-state index contributed by atoms with van der Waals surface area (Å²) in [6.07, 6.45) is 0. The molecule has 5 heteroatoms. The van der Waals surface area contributed by atoms with Crippen molar-refractivity contribution in [3.05, 3.63) is 63.1 Å². The van der Waals surface area contributed by atoms with Crippen molar-refractivity contribution >= 4 is 39.3 Å². The first-order chi connectivity index (χ1) is 11.2. The summed E-state index contributed by atoms with van der Waals surface area (Å²) < 4.78 is 1.07. The van der Waals surface area contributed by atoms with E-state index in [1.165, 1.54) is 16.0 Å². The fourth-order valence-electron chi connectivity index (χ4n) is 2.46. The Morgan fingerprint density at radius 2 is 2.09 bits per heavy atom. The molecule has 0 saturated carbocycles. The molecule has 2 aromatic rings. The first kappa shape index (κ1) is 17.3. The summed E-state index contributed by atoms with van der Waals surface area (Å²) in [5.74, 6) is 1.73. The van der Waals surface area contributed by atoms with Gasteiger partial charge in [0.25, 0.3) is 0 Å². The second kappa shape index (κ2) is 8.54. The van der Waals surface area contributed by atoms with Gasteiger partial charge in [0, 0.05) is 46.3 Å². The van der Waals surface area contributed by atoms with Crippen LogP contribution in [0.2, 0.25) is 5.02 Å². The molecule has 0 spiro atoms. The molecule has 0 unspecified atom stereocenters. The molecule has 0 radical (unpaired) electrons. The van der Waals surface area contributed by atoms with Crippen LogP contribution in [0, 0.1) is 5.92 Å². The van der Waals surface area contributed by atoms with E-state index in [0.29, 0.717) is 0 Å². The van der Waals surface area contributed by atoms with Gasteiger partial charge in [0.2, 0.25) is 0 Å². The van der Waals surface area contributed by atoms with Gasteiger partial charge >= 0.3 is 0 Å². The van der Waals surface area contributed by atoms with Gasteiger partial charge in [-0.05, 0) is 41.3 Å². The zero-order valence-electron chi connectivity index (χ0n) is 12.8. The molecule has 0 aromatic heterocycles. The first-order valence-electron chi connectivity index (χ1n) is 7.78. The van der Waals surface area contributed by atoms with Gasteiger partial charge in [-0.25, -0.2) is 0 Å². The predicted molar refractivity (Wildman–Crippen MR) is 103 cm³/mol. The van der Waals surface area contributed by atoms with E-state index >= 15 is 0 Å². The van der Waals surface area contributed by atoms with Crippen molar-refractivity contribution in [3.63, 3.8) is 0 Å². The Balaban J connectivity index is 1.52. The van der Waals surface area contributed by atoms with Gasteiger partial charge in [0.1, 0.15) is 0 Å². The van der Waals surface area contributed by atoms with E-state index in [-0.39, 0.29) is 0 Å². The zero-order chi connectivity index (χ0) is 16.1. The fourth-order valence-corrected chi connectivity index (χ4v) is 4.45. The number of nitrogens with one attached hydrogen (secondary N) is 2. The van der Waals surface area contributed by atoms with Crippen LogP contribution >= 0.6 is 39.3 Å². The summed E-state index contributed by atoms with van der Waals surface area (Å²) in [4.78, 5) is 1.30. The highest BCUT2D eigenvalue weighted by Crippen LogP contribution is 2.29. The summed E-state index contributed by atoms with van der Waals surface area (Å²) in [5.41, 5.74) is 2.61. The summed E-state index contributed by atoms with van der Waals surface area (Å²) in [6.45, 7) is 4.34. The minimum Gasteiger partial charge on any atom is -0.316 e. The summed E-state index contributed by atoms with van der Waals surface area (Å²) in [5, 5.41) is 7.62. The highest BCUT2D eigenvalue weighted by Gasteiger charge is 2.15. The number of thioether (sulfide) groups is 1. The van der Waals surface area contributed by atoms with E-state index in [0.717, 1.165) is 47.3 Å². The fraction of sp³-hybridized carbons (Fsp3) is 0.333. The lowest BCUT2D eigenvalue weighted by Gasteiger charge is -2.27. The van der Waals surface area contributed by atoms with Gasteiger partial charge in [0.05, 0.1) is 0 Å². The molecule has 1 aliphatic heterocycles. The van der Waals surface area contributed by atoms with Crippen molar-refractivity contribution in [2.24, 2.45) is 5.92 Å². The molecule has 2 aromatic carbocycles. The van der Waals surface area contributed by atoms with Crippen LogP contribution in [0.1, 0.15) is 11.1 Å². The van der Waals surface area contributed by atoms with Gasteiger partial charge in [-0.3, -0.25) is 0 Å². The van der Waals surface area contributed by atoms with Gasteiger partial charge in [-0.2, -0.15) is 0 Å². The summed E-state index contributed by atoms with van der Waals surface area (Å²) in [7, 11) is 0. The predicted octanol–water partition coefficient (Wildman–Crippen LogP) is 4.70. The minimum absolute atomic E-state index is 0.764. The third-order valence-electron chi connectivity index (χ3n) is 3.94. The van der Waals surface area contributed by atoms with Crippen LogP contribution in [0.3, 0.4) is 0 Å². The van der Waals surface area contributed by atoms with E-state index in [1.807, 2.05) is 23.9 Å². The average Bonchev–Trinajstić information content (AvgIpc) is 2.49. The lowest BCUT2D eigenvalue weighted by atomic mass is 10.0. The number of benzene rings is 2. The SMILES string of the molecule is Clc1ccc(CSc2cccc(CNCC3CNC3)c2)c(Br)c1. The maximum Gasteiger partial charge on any atom is 0.0417 e. The molecule has 1 heterocycles. The Labute approximate surface area is 155 Å². The van der Waals surface area contributed by atoms with Crippen molar-refractivity contribution < 1.29 is 0 Å². The molecule has 1 aliphatic rings. The third-order valence-corrected chi connectivity index (χ3v) is 5.95. The minimum atomic E-state index is 0.764. The summed E-state index contributed by atoms with van der Waals surface area (Å²) >= 11 is 11.4. The number of hydrogen-bond acceptors (Lipinski definition) is 3. The van der Waals surface area contributed by atoms with E-state index in [2.05, 4.69) is 56.9 Å². The van der Waals surface area contributed by atoms with Crippen molar-refractivity contribution in [1.82, 2.24) is 10.6 Å². The van der Waals surface area contributed by atoms with Crippen LogP contribution in [0.25, 0.3) is 0 Å². The van der Waals surface area contributed by atoms with E-state index in [1.54, 1.807) is 0 Å². The molecule has 23 heavy (non-hydrogen) atoms. The number of rotatable bonds is 7. The van der Waals surface area contributed by atoms with Crippen LogP contribution in [0.4, 0.5) is 0 Å². The molecule has 3 rings (SSSR count). The molecule has 0 bridgehead atoms. The van der Waals surface area contributed by atoms with E-state index in [9.17, 15) is 0 Å². The maximum absolute atomic E-state index is 5.99. The Hall–Kier alpha value is -0.520. The smallest absolute Gasteiger partial charge is 0.0417 e. The Kier molecular flexibility index (Phi) is 6.43. The van der Waals surface area contributed by atoms with Gasteiger partial charge in [-0.15, -0.1) is 11.8 Å². The van der Waals surface area contributed by atoms with Gasteiger partial charge in [0.15, 0.2) is 0 Å². The number of hydrogen-bond donors (Lipinski definition) is 2. The van der Waals surface area contributed by atoms with Crippen LogP contribution < -0.4 is 10.6 Å². The highest BCUT2D eigenvalue weighted by molar-refractivity contribution is 9.10. The van der Waals surface area contributed by atoms with Crippen molar-refractivity contribution in [2.45, 2.75) is 17.2 Å². The largest absolute Gasteiger partial charge is 0.316 e. The molecule has 122 valence electrons. The Morgan fingerprint density at radius 3 is 2.83 bits per heavy atom. The van der Waals surface area contributed by atoms with E-state index < -0.39 is 0 Å². The van der Waals surface area contributed by atoms with Crippen LogP contribution in [-0.4, -0.2) is 19.6 Å². The first-order valence-corrected chi connectivity index (χ1v) is 9.93. The van der Waals surface area contributed by atoms with Gasteiger partial charge in [-0.1, -0.05) is 45.7 Å². The topological polar surface area (TPSA) is 24.1 Å². The number of halogens is 2. The van der Waals surface area contributed by atoms with E-state index in [4.69, 9.17) is 11.6 Å². The monoisotopic (exact) mass is 410 g/mol. The second-order valence-corrected chi connectivity index (χ2v) is 8.17. The zero-order valence-corrected chi connectivity index (χ0v) is 16.0. The molecule has 1 fully saturated rings. The molecule has 2 N–H and O–H groups in total. The second-order valence-electron chi connectivity index (χ2n) is 5.83. The standard InChI is InChI=1S/C18H20BrClN2S/c19-18-7-16(20)5-4-15(18)12-23-17-3-1-2-13(6-17)8-21-9-14-10-22-11-14/h1-7,14,21-22H,8-12H2. The maximum atomic E-state index is 5.99. The van der Waals surface area contributed by atoms with Crippen molar-refractivity contribution in [1.29, 1.82) is 0 Å². The Bertz CT molecular complexity index is 661. The Morgan fingerprint density at radius 1 is 1.22 bits per heavy atom. The highest BCUT2D eigenvalue weighted by atomic mass is 79.9. The lowest BCUT2D eigenvalue weighted by molar-refractivity contribution is 0.331. The van der Waals surface area contributed by atoms with Crippen LogP contribution in [0.15, 0.2) is 51.8 Å². The molecule has 0 atom stereocenters. The quantitative estimate of drug-likeness (QED) is 0.646. The van der Waals surface area contributed by atoms with Crippen LogP contribution in [-0.2, 0) is 12.3 Å². The van der Waals surface area contributed by atoms with Crippen molar-refractivity contribution in [2.75, 3.05) is 19.6 Å². The average molecular weight is 412 g/mol. The lowest BCUT2D eigenvalue weighted by Crippen LogP contribution is -2.47. The van der Waals surface area contributed by atoms with Crippen molar-refractivity contribution in [3.8, 4) is 0 Å².